The second-order valence-electron chi connectivity index (χ2n) is 27.6. The van der Waals surface area contributed by atoms with Crippen molar-refractivity contribution in [2.75, 3.05) is 6.61 Å². The molecule has 8 heterocycles. The lowest BCUT2D eigenvalue weighted by molar-refractivity contribution is -0.289. The molecule has 66 heavy (non-hydrogen) atoms. The third-order valence-corrected chi connectivity index (χ3v) is 25.6. The molecule has 16 rings (SSSR count). The average molecular weight is 911 g/mol. The van der Waals surface area contributed by atoms with Gasteiger partial charge in [0.25, 0.3) is 0 Å². The lowest BCUT2D eigenvalue weighted by Gasteiger charge is -2.62. The third kappa shape index (κ3) is 4.11. The van der Waals surface area contributed by atoms with Gasteiger partial charge in [0.1, 0.15) is 11.7 Å². The first-order valence-corrected chi connectivity index (χ1v) is 26.9. The molecule has 0 amide bonds. The maximum absolute atomic E-state index is 13.0. The highest BCUT2D eigenvalue weighted by Gasteiger charge is 3.03. The molecule has 8 aliphatic heterocycles. The molecule has 4 spiro atoms. The number of allylic oxidation sites excluding steroid dienone is 2. The summed E-state index contributed by atoms with van der Waals surface area (Å²) in [6.07, 6.45) is 15.0. The predicted octanol–water partition coefficient (Wildman–Crippen LogP) is 6.86. The van der Waals surface area contributed by atoms with Gasteiger partial charge in [-0.15, -0.1) is 0 Å². The Kier molecular flexibility index (Phi) is 7.48. The van der Waals surface area contributed by atoms with Crippen LogP contribution in [0, 0.1) is 74.9 Å². The van der Waals surface area contributed by atoms with Crippen LogP contribution in [-0.4, -0.2) is 112 Å². The molecular weight excluding hydrogens is 833 g/mol. The Labute approximate surface area is 391 Å². The van der Waals surface area contributed by atoms with E-state index in [1.165, 1.54) is 18.4 Å². The van der Waals surface area contributed by atoms with Crippen LogP contribution in [0.4, 0.5) is 0 Å². The normalized spacial score (nSPS) is 66.0. The number of rotatable bonds is 1. The molecule has 0 radical (unpaired) electrons. The number of ether oxygens (including phenoxy) is 4. The highest BCUT2D eigenvalue weighted by atomic mass is 16.7. The Morgan fingerprint density at radius 1 is 0.758 bits per heavy atom. The number of aliphatic hydroxyl groups is 5. The summed E-state index contributed by atoms with van der Waals surface area (Å²) in [7, 11) is 0. The topological polar surface area (TPSA) is 144 Å². The number of hydrogen-bond donors (Lipinski definition) is 5. The first-order valence-electron chi connectivity index (χ1n) is 26.9. The molecule has 11 nitrogen and oxygen atoms in total. The largest absolute Gasteiger partial charge is 0.392 e. The summed E-state index contributed by atoms with van der Waals surface area (Å²) < 4.78 is 27.1. The molecule has 2 unspecified atom stereocenters. The molecule has 0 aromatic carbocycles. The number of hydrogen-bond acceptors (Lipinski definition) is 11. The molecule has 362 valence electrons. The summed E-state index contributed by atoms with van der Waals surface area (Å²) in [4.78, 5) is 5.74. The molecule has 0 aromatic rings. The second-order valence-corrected chi connectivity index (χ2v) is 27.6. The minimum atomic E-state index is -1.40. The van der Waals surface area contributed by atoms with E-state index in [0.29, 0.717) is 42.9 Å². The van der Waals surface area contributed by atoms with Crippen LogP contribution < -0.4 is 0 Å². The minimum absolute atomic E-state index is 0.000837. The molecule has 25 atom stereocenters. The standard InChI is InChI=1S/C55H78N2O9/c1-10-46(5)14-16-51(66-46)27(2)44-39(64-51)19-33-31-12-11-29-17-36-37(24-47(29,6)32(31)20-40(59)49(33,44)8)57-53-23-30-18-38(58)43-34(48(30,7)25-54(53,57)56(36)53)21-41(60)50(9)35(43)22-42-55(50,62)28(3)52(65-42)15-13-45(4,61)26-63-52/h19,22,27-32,34,38-44,58-62H,10-18,20-21,23-26H2,1-9H3/t27-,28+,29-,30-,31+,32-,34-,38-,39-,40+,41+,42-,43+,44-,45-,46-,47-,48-,49+,50+,51-,52+,53?,54?,55+,56?,57?/m0/s1. The number of nitrogens with zero attached hydrogens (tertiary/aromatic N) is 2. The smallest absolute Gasteiger partial charge is 0.174 e. The molecule has 0 aromatic heterocycles. The molecule has 5 saturated carbocycles. The SMILES string of the molecule is CC[C@@]1(C)CC[C@]2(O[C@H]3C=C4[C@@H]5CC[C@H]6CC7=C(C[C@]6(C)[C@H]5C[C@@H](O)[C@]4(C)[C@H]3[C@@H]2C)N2C34C[C@@H]5C[C@H](O)[C@H]6C8=C[C@@H]9O[C@]%10(CC[C@](C)(O)CO%10)[C@@H](C)[C@]9(O)[C@@]8(C)[C@H](O)C[C@@H]6[C@@]5(C)CC23N74)O1. The Balaban J connectivity index is 0.705. The Morgan fingerprint density at radius 3 is 2.23 bits per heavy atom. The fourth-order valence-electron chi connectivity index (χ4n) is 21.6. The van der Waals surface area contributed by atoms with Gasteiger partial charge in [-0.1, -0.05) is 71.8 Å². The van der Waals surface area contributed by atoms with Gasteiger partial charge in [-0.2, -0.15) is 0 Å². The van der Waals surface area contributed by atoms with Crippen molar-refractivity contribution in [1.82, 2.24) is 9.80 Å². The van der Waals surface area contributed by atoms with Crippen LogP contribution in [-0.2, 0) is 18.9 Å². The van der Waals surface area contributed by atoms with Gasteiger partial charge in [0, 0.05) is 58.7 Å². The number of aliphatic hydroxyl groups excluding tert-OH is 3. The van der Waals surface area contributed by atoms with Crippen molar-refractivity contribution in [3.8, 4) is 0 Å². The van der Waals surface area contributed by atoms with E-state index < -0.39 is 58.5 Å². The second kappa shape index (κ2) is 11.7. The van der Waals surface area contributed by atoms with Crippen molar-refractivity contribution in [2.45, 2.75) is 222 Å². The lowest BCUT2D eigenvalue weighted by Crippen LogP contribution is -2.66. The van der Waals surface area contributed by atoms with Crippen molar-refractivity contribution in [1.29, 1.82) is 0 Å². The summed E-state index contributed by atoms with van der Waals surface area (Å²) in [6, 6.07) is 0. The first-order chi connectivity index (χ1) is 31.0. The van der Waals surface area contributed by atoms with Crippen LogP contribution in [0.15, 0.2) is 34.7 Å². The zero-order valence-corrected chi connectivity index (χ0v) is 41.1. The molecule has 16 aliphatic rings. The minimum Gasteiger partial charge on any atom is -0.392 e. The number of fused-ring (bicyclic) bond motifs is 14. The molecule has 6 saturated heterocycles. The summed E-state index contributed by atoms with van der Waals surface area (Å²) >= 11 is 0. The Hall–Kier alpha value is -1.54. The molecule has 11 heteroatoms. The van der Waals surface area contributed by atoms with Crippen molar-refractivity contribution in [2.24, 2.45) is 74.9 Å². The Bertz CT molecular complexity index is 2360. The summed E-state index contributed by atoms with van der Waals surface area (Å²) in [5.41, 5.74) is 1.98. The quantitative estimate of drug-likeness (QED) is 0.139. The van der Waals surface area contributed by atoms with Crippen LogP contribution in [0.2, 0.25) is 0 Å². The zero-order chi connectivity index (χ0) is 45.9. The van der Waals surface area contributed by atoms with Crippen LogP contribution in [0.3, 0.4) is 0 Å². The predicted molar refractivity (Wildman–Crippen MR) is 242 cm³/mol. The molecule has 8 aliphatic carbocycles. The van der Waals surface area contributed by atoms with Gasteiger partial charge in [0.2, 0.25) is 0 Å². The summed E-state index contributed by atoms with van der Waals surface area (Å²) in [6.45, 7) is 20.3. The Morgan fingerprint density at radius 2 is 1.50 bits per heavy atom. The van der Waals surface area contributed by atoms with E-state index in [4.69, 9.17) is 18.9 Å². The van der Waals surface area contributed by atoms with E-state index in [9.17, 15) is 25.5 Å². The van der Waals surface area contributed by atoms with E-state index >= 15 is 0 Å². The van der Waals surface area contributed by atoms with Crippen molar-refractivity contribution in [3.63, 3.8) is 0 Å². The van der Waals surface area contributed by atoms with Crippen molar-refractivity contribution >= 4 is 0 Å². The summed E-state index contributed by atoms with van der Waals surface area (Å²) in [5, 5.41) is 61.4. The van der Waals surface area contributed by atoms with E-state index in [0.717, 1.165) is 63.4 Å². The van der Waals surface area contributed by atoms with Gasteiger partial charge in [0.15, 0.2) is 22.9 Å². The van der Waals surface area contributed by atoms with Gasteiger partial charge >= 0.3 is 0 Å². The van der Waals surface area contributed by atoms with Gasteiger partial charge < -0.3 is 54.3 Å². The van der Waals surface area contributed by atoms with Crippen molar-refractivity contribution in [3.05, 3.63) is 34.7 Å². The van der Waals surface area contributed by atoms with Crippen molar-refractivity contribution < 1.29 is 44.5 Å². The van der Waals surface area contributed by atoms with E-state index in [1.807, 2.05) is 13.8 Å². The van der Waals surface area contributed by atoms with Gasteiger partial charge in [-0.25, -0.2) is 0 Å². The van der Waals surface area contributed by atoms with Crippen LogP contribution in [0.25, 0.3) is 0 Å². The fraction of sp³-hybridized carbons (Fsp3) is 0.891. The lowest BCUT2D eigenvalue weighted by atomic mass is 9.44. The first kappa shape index (κ1) is 42.2. The monoisotopic (exact) mass is 911 g/mol. The highest BCUT2D eigenvalue weighted by Crippen LogP contribution is 2.91. The third-order valence-electron chi connectivity index (χ3n) is 25.6. The maximum atomic E-state index is 13.0. The van der Waals surface area contributed by atoms with Gasteiger partial charge in [-0.05, 0) is 131 Å². The van der Waals surface area contributed by atoms with E-state index in [-0.39, 0.29) is 69.6 Å². The van der Waals surface area contributed by atoms with Crippen LogP contribution in [0.1, 0.15) is 152 Å². The fourth-order valence-corrected chi connectivity index (χ4v) is 21.6. The average Bonchev–Trinajstić information content (AvgIpc) is 3.55. The summed E-state index contributed by atoms with van der Waals surface area (Å²) in [5.74, 6) is 0.189. The van der Waals surface area contributed by atoms with Crippen LogP contribution >= 0.6 is 0 Å². The van der Waals surface area contributed by atoms with Gasteiger partial charge in [-0.3, -0.25) is 0 Å². The zero-order valence-electron chi connectivity index (χ0n) is 41.1. The highest BCUT2D eigenvalue weighted by molar-refractivity contribution is 5.62. The maximum Gasteiger partial charge on any atom is 0.174 e. The van der Waals surface area contributed by atoms with Crippen LogP contribution in [0.5, 0.6) is 0 Å². The molecule has 2 bridgehead atoms. The van der Waals surface area contributed by atoms with E-state index in [1.54, 1.807) is 18.3 Å². The van der Waals surface area contributed by atoms with Gasteiger partial charge in [0.05, 0.1) is 42.2 Å². The molecule has 11 fully saturated rings. The van der Waals surface area contributed by atoms with E-state index in [2.05, 4.69) is 63.5 Å². The molecule has 5 N–H and O–H groups in total. The molecular formula is C55H78N2O9.